The Labute approximate surface area is 163 Å². The number of nitrogens with zero attached hydrogens (tertiary/aromatic N) is 1. The van der Waals surface area contributed by atoms with E-state index in [0.29, 0.717) is 11.1 Å². The monoisotopic (exact) mass is 458 g/mol. The van der Waals surface area contributed by atoms with Crippen LogP contribution in [0.15, 0.2) is 51.6 Å². The molecule has 0 fully saturated rings. The highest BCUT2D eigenvalue weighted by Gasteiger charge is 2.34. The van der Waals surface area contributed by atoms with Crippen LogP contribution in [-0.4, -0.2) is 10.9 Å². The molecule has 0 saturated carbocycles. The number of anilines is 1. The minimum absolute atomic E-state index is 0.100. The van der Waals surface area contributed by atoms with Crippen LogP contribution >= 0.6 is 38.6 Å². The van der Waals surface area contributed by atoms with Crippen LogP contribution in [0.4, 0.5) is 18.3 Å². The van der Waals surface area contributed by atoms with Gasteiger partial charge in [-0.05, 0) is 35.2 Å². The summed E-state index contributed by atoms with van der Waals surface area (Å²) in [6.07, 6.45) is -2.84. The van der Waals surface area contributed by atoms with E-state index in [2.05, 4.69) is 26.2 Å². The van der Waals surface area contributed by atoms with Gasteiger partial charge in [-0.1, -0.05) is 34.1 Å². The zero-order valence-electron chi connectivity index (χ0n) is 12.9. The number of thiophene rings is 1. The highest BCUT2D eigenvalue weighted by Crippen LogP contribution is 2.32. The molecular formula is C17H10BrF3N2OS2. The maximum absolute atomic E-state index is 12.7. The van der Waals surface area contributed by atoms with Crippen LogP contribution in [0.5, 0.6) is 0 Å². The number of carbonyl (C=O) groups excluding carboxylic acids is 1. The summed E-state index contributed by atoms with van der Waals surface area (Å²) in [5.41, 5.74) is -0.0411. The first-order valence-corrected chi connectivity index (χ1v) is 9.73. The van der Waals surface area contributed by atoms with Crippen molar-refractivity contribution in [2.45, 2.75) is 6.18 Å². The summed E-state index contributed by atoms with van der Waals surface area (Å²) in [6, 6.07) is 10.8. The van der Waals surface area contributed by atoms with Gasteiger partial charge in [0.15, 0.2) is 10.8 Å². The molecule has 0 bridgehead atoms. The topological polar surface area (TPSA) is 42.0 Å². The lowest BCUT2D eigenvalue weighted by atomic mass is 10.0. The van der Waals surface area contributed by atoms with Gasteiger partial charge in [-0.15, -0.1) is 22.7 Å². The van der Waals surface area contributed by atoms with E-state index in [4.69, 9.17) is 0 Å². The van der Waals surface area contributed by atoms with Crippen molar-refractivity contribution in [2.75, 3.05) is 5.32 Å². The van der Waals surface area contributed by atoms with Crippen molar-refractivity contribution in [1.29, 1.82) is 0 Å². The van der Waals surface area contributed by atoms with Crippen LogP contribution < -0.4 is 5.32 Å². The summed E-state index contributed by atoms with van der Waals surface area (Å²) in [6.45, 7) is 0. The molecule has 0 aliphatic rings. The molecule has 0 aliphatic heterocycles. The number of nitrogens with one attached hydrogen (secondary N) is 1. The van der Waals surface area contributed by atoms with E-state index in [1.165, 1.54) is 11.3 Å². The minimum atomic E-state index is -4.54. The van der Waals surface area contributed by atoms with Crippen molar-refractivity contribution >= 4 is 61.3 Å². The smallest absolute Gasteiger partial charge is 0.298 e. The van der Waals surface area contributed by atoms with E-state index in [0.717, 1.165) is 26.1 Å². The third-order valence-corrected chi connectivity index (χ3v) is 5.35. The van der Waals surface area contributed by atoms with Crippen molar-refractivity contribution in [2.24, 2.45) is 0 Å². The number of amides is 1. The predicted octanol–water partition coefficient (Wildman–Crippen LogP) is 6.17. The lowest BCUT2D eigenvalue weighted by Gasteiger charge is -2.08. The highest BCUT2D eigenvalue weighted by molar-refractivity contribution is 9.10. The van der Waals surface area contributed by atoms with Gasteiger partial charge in [0.25, 0.3) is 5.91 Å². The molecule has 0 spiro atoms. The van der Waals surface area contributed by atoms with Crippen LogP contribution in [0.2, 0.25) is 0 Å². The van der Waals surface area contributed by atoms with Crippen LogP contribution in [0, 0.1) is 0 Å². The molecule has 1 N–H and O–H groups in total. The second-order valence-electron chi connectivity index (χ2n) is 5.07. The van der Waals surface area contributed by atoms with Gasteiger partial charge in [-0.3, -0.25) is 10.1 Å². The molecule has 9 heteroatoms. The molecule has 3 aromatic rings. The Balaban J connectivity index is 1.90. The number of benzene rings is 1. The van der Waals surface area contributed by atoms with Gasteiger partial charge in [0, 0.05) is 20.3 Å². The molecule has 26 heavy (non-hydrogen) atoms. The molecule has 1 aromatic carbocycles. The van der Waals surface area contributed by atoms with Gasteiger partial charge < -0.3 is 0 Å². The number of hydrogen-bond donors (Lipinski definition) is 1. The van der Waals surface area contributed by atoms with Crippen molar-refractivity contribution in [3.63, 3.8) is 0 Å². The number of carbonyl (C=O) groups is 1. The van der Waals surface area contributed by atoms with Gasteiger partial charge in [-0.2, -0.15) is 13.2 Å². The Bertz CT molecular complexity index is 932. The van der Waals surface area contributed by atoms with E-state index in [1.807, 2.05) is 17.5 Å². The summed E-state index contributed by atoms with van der Waals surface area (Å²) in [5.74, 6) is -0.524. The van der Waals surface area contributed by atoms with E-state index in [1.54, 1.807) is 30.3 Å². The lowest BCUT2D eigenvalue weighted by molar-refractivity contribution is -0.140. The zero-order chi connectivity index (χ0) is 18.7. The fourth-order valence-corrected chi connectivity index (χ4v) is 3.68. The van der Waals surface area contributed by atoms with Crippen LogP contribution in [0.25, 0.3) is 11.6 Å². The molecular weight excluding hydrogens is 449 g/mol. The molecule has 0 aliphatic carbocycles. The first kappa shape index (κ1) is 18.8. The SMILES string of the molecule is O=C(Nc1nc(C(F)(F)F)cs1)/C(=C\c1cccs1)c1ccc(Br)cc1. The van der Waals surface area contributed by atoms with E-state index in [9.17, 15) is 18.0 Å². The molecule has 2 heterocycles. The van der Waals surface area contributed by atoms with Crippen molar-refractivity contribution < 1.29 is 18.0 Å². The molecule has 3 rings (SSSR count). The van der Waals surface area contributed by atoms with E-state index < -0.39 is 17.8 Å². The molecule has 0 unspecified atom stereocenters. The Hall–Kier alpha value is -1.97. The number of rotatable bonds is 4. The number of halogens is 4. The average molecular weight is 459 g/mol. The van der Waals surface area contributed by atoms with Gasteiger partial charge >= 0.3 is 6.18 Å². The first-order chi connectivity index (χ1) is 12.3. The zero-order valence-corrected chi connectivity index (χ0v) is 16.1. The molecule has 0 atom stereocenters. The summed E-state index contributed by atoms with van der Waals surface area (Å²) >= 11 is 5.52. The first-order valence-electron chi connectivity index (χ1n) is 7.18. The largest absolute Gasteiger partial charge is 0.434 e. The number of aromatic nitrogens is 1. The second-order valence-corrected chi connectivity index (χ2v) is 7.82. The maximum Gasteiger partial charge on any atom is 0.434 e. The Morgan fingerprint density at radius 1 is 1.15 bits per heavy atom. The minimum Gasteiger partial charge on any atom is -0.298 e. The normalized spacial score (nSPS) is 12.2. The molecule has 1 amide bonds. The highest BCUT2D eigenvalue weighted by atomic mass is 79.9. The van der Waals surface area contributed by atoms with Gasteiger partial charge in [0.05, 0.1) is 0 Å². The van der Waals surface area contributed by atoms with Crippen LogP contribution in [0.1, 0.15) is 16.1 Å². The molecule has 134 valence electrons. The van der Waals surface area contributed by atoms with E-state index in [-0.39, 0.29) is 5.13 Å². The average Bonchev–Trinajstić information content (AvgIpc) is 3.24. The van der Waals surface area contributed by atoms with Gasteiger partial charge in [0.1, 0.15) is 0 Å². The fraction of sp³-hybridized carbons (Fsp3) is 0.0588. The van der Waals surface area contributed by atoms with Crippen LogP contribution in [-0.2, 0) is 11.0 Å². The van der Waals surface area contributed by atoms with Gasteiger partial charge in [0.2, 0.25) is 0 Å². The summed E-state index contributed by atoms with van der Waals surface area (Å²) in [7, 11) is 0. The summed E-state index contributed by atoms with van der Waals surface area (Å²) in [5, 5.41) is 5.10. The summed E-state index contributed by atoms with van der Waals surface area (Å²) in [4.78, 5) is 17.0. The summed E-state index contributed by atoms with van der Waals surface area (Å²) < 4.78 is 38.9. The maximum atomic E-state index is 12.7. The molecule has 0 radical (unpaired) electrons. The third kappa shape index (κ3) is 4.60. The number of alkyl halides is 3. The number of hydrogen-bond acceptors (Lipinski definition) is 4. The molecule has 2 aromatic heterocycles. The standard InChI is InChI=1S/C17H10BrF3N2OS2/c18-11-5-3-10(4-6-11)13(8-12-2-1-7-25-12)15(24)23-16-22-14(9-26-16)17(19,20)21/h1-9H,(H,22,23,24)/b13-8-. The molecule has 0 saturated heterocycles. The third-order valence-electron chi connectivity index (χ3n) is 3.24. The quantitative estimate of drug-likeness (QED) is 0.475. The van der Waals surface area contributed by atoms with Crippen molar-refractivity contribution in [3.05, 3.63) is 67.8 Å². The Morgan fingerprint density at radius 2 is 1.88 bits per heavy atom. The predicted molar refractivity (Wildman–Crippen MR) is 102 cm³/mol. The fourth-order valence-electron chi connectivity index (χ4n) is 2.05. The number of thiazole rings is 1. The Morgan fingerprint density at radius 3 is 2.46 bits per heavy atom. The Kier molecular flexibility index (Phi) is 5.59. The molecule has 3 nitrogen and oxygen atoms in total. The van der Waals surface area contributed by atoms with E-state index >= 15 is 0 Å². The second kappa shape index (κ2) is 7.73. The van der Waals surface area contributed by atoms with Gasteiger partial charge in [-0.25, -0.2) is 4.98 Å². The lowest BCUT2D eigenvalue weighted by Crippen LogP contribution is -2.14. The van der Waals surface area contributed by atoms with Crippen molar-refractivity contribution in [3.8, 4) is 0 Å². The van der Waals surface area contributed by atoms with Crippen LogP contribution in [0.3, 0.4) is 0 Å². The van der Waals surface area contributed by atoms with Crippen molar-refractivity contribution in [1.82, 2.24) is 4.98 Å².